The molecule has 0 bridgehead atoms. The third kappa shape index (κ3) is 2.21. The summed E-state index contributed by atoms with van der Waals surface area (Å²) >= 11 is 0. The predicted molar refractivity (Wildman–Crippen MR) is 56.1 cm³/mol. The number of rotatable bonds is 4. The molecule has 2 rings (SSSR count). The Kier molecular flexibility index (Phi) is 2.35. The standard InChI is InChI=1S/C9H15N3O2S/c1-15(13,14)8-4-11-12(5-8)7-9(6-10)2-3-9/h4-5H,2-3,6-7,10H2,1H3. The maximum absolute atomic E-state index is 11.2. The summed E-state index contributed by atoms with van der Waals surface area (Å²) in [5.74, 6) is 0. The van der Waals surface area contributed by atoms with E-state index in [-0.39, 0.29) is 10.3 Å². The summed E-state index contributed by atoms with van der Waals surface area (Å²) in [6.07, 6.45) is 6.37. The lowest BCUT2D eigenvalue weighted by molar-refractivity contribution is 0.406. The second kappa shape index (κ2) is 3.31. The first-order chi connectivity index (χ1) is 6.95. The quantitative estimate of drug-likeness (QED) is 0.790. The fourth-order valence-corrected chi connectivity index (χ4v) is 2.12. The predicted octanol–water partition coefficient (Wildman–Crippen LogP) is 0.0255. The summed E-state index contributed by atoms with van der Waals surface area (Å²) in [7, 11) is -3.14. The van der Waals surface area contributed by atoms with E-state index in [1.165, 1.54) is 12.5 Å². The minimum absolute atomic E-state index is 0.167. The second-order valence-electron chi connectivity index (χ2n) is 4.35. The van der Waals surface area contributed by atoms with Gasteiger partial charge in [-0.15, -0.1) is 0 Å². The van der Waals surface area contributed by atoms with Crippen molar-refractivity contribution in [3.63, 3.8) is 0 Å². The molecule has 15 heavy (non-hydrogen) atoms. The fourth-order valence-electron chi connectivity index (χ4n) is 1.57. The summed E-state index contributed by atoms with van der Waals surface area (Å²) < 4.78 is 24.1. The van der Waals surface area contributed by atoms with Crippen molar-refractivity contribution in [3.05, 3.63) is 12.4 Å². The van der Waals surface area contributed by atoms with Crippen LogP contribution in [0.3, 0.4) is 0 Å². The van der Waals surface area contributed by atoms with E-state index in [1.54, 1.807) is 10.9 Å². The summed E-state index contributed by atoms with van der Waals surface area (Å²) in [4.78, 5) is 0.273. The lowest BCUT2D eigenvalue weighted by Crippen LogP contribution is -2.21. The Hall–Kier alpha value is -0.880. The number of nitrogens with zero attached hydrogens (tertiary/aromatic N) is 2. The van der Waals surface area contributed by atoms with E-state index in [4.69, 9.17) is 5.73 Å². The molecule has 2 N–H and O–H groups in total. The highest BCUT2D eigenvalue weighted by Gasteiger charge is 2.41. The zero-order valence-electron chi connectivity index (χ0n) is 8.68. The van der Waals surface area contributed by atoms with Gasteiger partial charge in [-0.25, -0.2) is 8.42 Å². The van der Waals surface area contributed by atoms with Gasteiger partial charge in [0, 0.05) is 24.4 Å². The Labute approximate surface area is 89.2 Å². The van der Waals surface area contributed by atoms with E-state index < -0.39 is 9.84 Å². The lowest BCUT2D eigenvalue weighted by atomic mass is 10.1. The van der Waals surface area contributed by atoms with Crippen LogP contribution in [0.2, 0.25) is 0 Å². The van der Waals surface area contributed by atoms with Gasteiger partial charge in [-0.1, -0.05) is 0 Å². The molecule has 0 aliphatic heterocycles. The maximum Gasteiger partial charge on any atom is 0.178 e. The van der Waals surface area contributed by atoms with Crippen LogP contribution in [0.15, 0.2) is 17.3 Å². The normalized spacial score (nSPS) is 19.1. The first-order valence-corrected chi connectivity index (χ1v) is 6.77. The molecule has 1 aromatic heterocycles. The largest absolute Gasteiger partial charge is 0.330 e. The van der Waals surface area contributed by atoms with Gasteiger partial charge in [-0.3, -0.25) is 4.68 Å². The molecule has 0 unspecified atom stereocenters. The van der Waals surface area contributed by atoms with Crippen LogP contribution in [0.1, 0.15) is 12.8 Å². The van der Waals surface area contributed by atoms with Crippen molar-refractivity contribution in [1.29, 1.82) is 0 Å². The maximum atomic E-state index is 11.2. The van der Waals surface area contributed by atoms with Gasteiger partial charge in [-0.05, 0) is 19.4 Å². The van der Waals surface area contributed by atoms with Crippen molar-refractivity contribution in [3.8, 4) is 0 Å². The van der Waals surface area contributed by atoms with E-state index in [0.29, 0.717) is 6.54 Å². The smallest absolute Gasteiger partial charge is 0.178 e. The monoisotopic (exact) mass is 229 g/mol. The number of sulfone groups is 1. The van der Waals surface area contributed by atoms with Crippen LogP contribution in [-0.4, -0.2) is 31.0 Å². The van der Waals surface area contributed by atoms with Crippen molar-refractivity contribution >= 4 is 9.84 Å². The van der Waals surface area contributed by atoms with Crippen molar-refractivity contribution in [1.82, 2.24) is 9.78 Å². The number of hydrogen-bond acceptors (Lipinski definition) is 4. The third-order valence-electron chi connectivity index (χ3n) is 2.93. The summed E-state index contributed by atoms with van der Waals surface area (Å²) in [5, 5.41) is 4.04. The van der Waals surface area contributed by atoms with Gasteiger partial charge in [0.2, 0.25) is 0 Å². The lowest BCUT2D eigenvalue weighted by Gasteiger charge is -2.11. The highest BCUT2D eigenvalue weighted by Crippen LogP contribution is 2.45. The molecule has 1 heterocycles. The summed E-state index contributed by atoms with van der Waals surface area (Å²) in [6, 6.07) is 0. The van der Waals surface area contributed by atoms with Crippen molar-refractivity contribution < 1.29 is 8.42 Å². The van der Waals surface area contributed by atoms with Crippen LogP contribution in [0, 0.1) is 5.41 Å². The molecule has 1 aliphatic rings. The van der Waals surface area contributed by atoms with Gasteiger partial charge in [0.25, 0.3) is 0 Å². The Morgan fingerprint density at radius 2 is 2.27 bits per heavy atom. The molecule has 0 aromatic carbocycles. The fraction of sp³-hybridized carbons (Fsp3) is 0.667. The van der Waals surface area contributed by atoms with Crippen LogP contribution in [0.4, 0.5) is 0 Å². The van der Waals surface area contributed by atoms with Crippen LogP contribution in [0.5, 0.6) is 0 Å². The molecule has 0 spiro atoms. The molecule has 0 radical (unpaired) electrons. The topological polar surface area (TPSA) is 78.0 Å². The Morgan fingerprint density at radius 3 is 2.67 bits per heavy atom. The van der Waals surface area contributed by atoms with Gasteiger partial charge >= 0.3 is 0 Å². The van der Waals surface area contributed by atoms with Gasteiger partial charge < -0.3 is 5.73 Å². The van der Waals surface area contributed by atoms with Gasteiger partial charge in [0.05, 0.1) is 6.20 Å². The van der Waals surface area contributed by atoms with Crippen LogP contribution in [-0.2, 0) is 16.4 Å². The van der Waals surface area contributed by atoms with Gasteiger partial charge in [0.1, 0.15) is 4.90 Å². The molecule has 5 nitrogen and oxygen atoms in total. The molecule has 6 heteroatoms. The zero-order chi connectivity index (χ0) is 11.1. The van der Waals surface area contributed by atoms with E-state index >= 15 is 0 Å². The second-order valence-corrected chi connectivity index (χ2v) is 6.37. The van der Waals surface area contributed by atoms with Crippen LogP contribution < -0.4 is 5.73 Å². The SMILES string of the molecule is CS(=O)(=O)c1cnn(CC2(CN)CC2)c1. The van der Waals surface area contributed by atoms with Crippen LogP contribution in [0.25, 0.3) is 0 Å². The molecular formula is C9H15N3O2S. The molecule has 1 aromatic rings. The highest BCUT2D eigenvalue weighted by atomic mass is 32.2. The Balaban J connectivity index is 2.15. The van der Waals surface area contributed by atoms with E-state index in [0.717, 1.165) is 19.4 Å². The molecule has 0 saturated heterocycles. The van der Waals surface area contributed by atoms with Crippen molar-refractivity contribution in [2.45, 2.75) is 24.3 Å². The molecule has 1 aliphatic carbocycles. The van der Waals surface area contributed by atoms with E-state index in [2.05, 4.69) is 5.10 Å². The molecule has 0 atom stereocenters. The molecule has 84 valence electrons. The first kappa shape index (κ1) is 10.6. The van der Waals surface area contributed by atoms with Crippen LogP contribution >= 0.6 is 0 Å². The third-order valence-corrected chi connectivity index (χ3v) is 3.99. The Morgan fingerprint density at radius 1 is 1.60 bits per heavy atom. The van der Waals surface area contributed by atoms with Gasteiger partial charge in [0.15, 0.2) is 9.84 Å². The minimum atomic E-state index is -3.14. The van der Waals surface area contributed by atoms with Crippen molar-refractivity contribution in [2.75, 3.05) is 12.8 Å². The minimum Gasteiger partial charge on any atom is -0.330 e. The Bertz CT molecular complexity index is 459. The zero-order valence-corrected chi connectivity index (χ0v) is 9.50. The van der Waals surface area contributed by atoms with Crippen molar-refractivity contribution in [2.24, 2.45) is 11.1 Å². The average molecular weight is 229 g/mol. The van der Waals surface area contributed by atoms with E-state index in [9.17, 15) is 8.42 Å². The highest BCUT2D eigenvalue weighted by molar-refractivity contribution is 7.90. The van der Waals surface area contributed by atoms with Gasteiger partial charge in [-0.2, -0.15) is 5.10 Å². The summed E-state index contributed by atoms with van der Waals surface area (Å²) in [6.45, 7) is 1.36. The molecule has 0 amide bonds. The number of nitrogens with two attached hydrogens (primary N) is 1. The first-order valence-electron chi connectivity index (χ1n) is 4.88. The number of aromatic nitrogens is 2. The van der Waals surface area contributed by atoms with E-state index in [1.807, 2.05) is 0 Å². The summed E-state index contributed by atoms with van der Waals surface area (Å²) in [5.41, 5.74) is 5.82. The molecule has 1 fully saturated rings. The molecule has 1 saturated carbocycles. The molecular weight excluding hydrogens is 214 g/mol. The average Bonchev–Trinajstić information content (AvgIpc) is 2.73. The number of hydrogen-bond donors (Lipinski definition) is 1.